The van der Waals surface area contributed by atoms with E-state index >= 15 is 0 Å². The van der Waals surface area contributed by atoms with Crippen molar-refractivity contribution in [2.45, 2.75) is 44.9 Å². The predicted molar refractivity (Wildman–Crippen MR) is 67.4 cm³/mol. The fourth-order valence-electron chi connectivity index (χ4n) is 1.70. The number of hydrogen-bond donors (Lipinski definition) is 2. The number of aromatic nitrogens is 1. The summed E-state index contributed by atoms with van der Waals surface area (Å²) in [6, 6.07) is 1.58. The molecule has 1 aromatic heterocycles. The van der Waals surface area contributed by atoms with Crippen molar-refractivity contribution in [3.63, 3.8) is 0 Å². The molecule has 1 aromatic rings. The van der Waals surface area contributed by atoms with Gasteiger partial charge in [-0.15, -0.1) is 0 Å². The molecule has 0 aromatic carbocycles. The van der Waals surface area contributed by atoms with Crippen LogP contribution in [-0.2, 0) is 15.8 Å². The van der Waals surface area contributed by atoms with E-state index in [4.69, 9.17) is 4.52 Å². The topological polar surface area (TPSA) is 92.4 Å². The van der Waals surface area contributed by atoms with Crippen molar-refractivity contribution in [3.05, 3.63) is 17.5 Å². The zero-order valence-corrected chi connectivity index (χ0v) is 11.7. The lowest BCUT2D eigenvalue weighted by Gasteiger charge is -2.30. The summed E-state index contributed by atoms with van der Waals surface area (Å²) < 4.78 is 31.4. The molecule has 0 aliphatic heterocycles. The van der Waals surface area contributed by atoms with Gasteiger partial charge in [0, 0.05) is 6.07 Å². The van der Waals surface area contributed by atoms with Crippen molar-refractivity contribution < 1.29 is 18.0 Å². The Hall–Kier alpha value is -0.920. The fourth-order valence-corrected chi connectivity index (χ4v) is 3.31. The minimum Gasteiger partial charge on any atom is -0.394 e. The molecular weight excluding hydrogens is 256 g/mol. The summed E-state index contributed by atoms with van der Waals surface area (Å²) in [7, 11) is -3.55. The summed E-state index contributed by atoms with van der Waals surface area (Å²) in [5, 5.41) is 13.0. The molecule has 18 heavy (non-hydrogen) atoms. The molecule has 0 fully saturated rings. The largest absolute Gasteiger partial charge is 0.394 e. The molecule has 0 atom stereocenters. The third kappa shape index (κ3) is 3.79. The first kappa shape index (κ1) is 15.1. The highest BCUT2D eigenvalue weighted by Gasteiger charge is 2.31. The molecule has 0 saturated carbocycles. The first-order valence-electron chi connectivity index (χ1n) is 5.91. The van der Waals surface area contributed by atoms with Crippen LogP contribution in [0.5, 0.6) is 0 Å². The van der Waals surface area contributed by atoms with Crippen LogP contribution in [0.1, 0.15) is 38.1 Å². The van der Waals surface area contributed by atoms with Crippen LogP contribution in [0.4, 0.5) is 0 Å². The van der Waals surface area contributed by atoms with E-state index in [2.05, 4.69) is 9.88 Å². The third-order valence-corrected chi connectivity index (χ3v) is 4.46. The summed E-state index contributed by atoms with van der Waals surface area (Å²) in [4.78, 5) is 0. The van der Waals surface area contributed by atoms with E-state index in [1.807, 2.05) is 13.8 Å². The van der Waals surface area contributed by atoms with E-state index in [1.54, 1.807) is 13.0 Å². The zero-order valence-electron chi connectivity index (χ0n) is 10.9. The molecule has 0 spiro atoms. The number of nitrogens with one attached hydrogen (secondary N) is 1. The molecule has 1 heterocycles. The van der Waals surface area contributed by atoms with Crippen molar-refractivity contribution in [1.29, 1.82) is 0 Å². The quantitative estimate of drug-likeness (QED) is 0.773. The maximum absolute atomic E-state index is 12.0. The van der Waals surface area contributed by atoms with Gasteiger partial charge in [0.25, 0.3) is 0 Å². The number of rotatable bonds is 7. The number of aliphatic hydroxyl groups excluding tert-OH is 1. The van der Waals surface area contributed by atoms with Gasteiger partial charge < -0.3 is 9.63 Å². The molecule has 7 heteroatoms. The van der Waals surface area contributed by atoms with Gasteiger partial charge in [0.1, 0.15) is 17.2 Å². The van der Waals surface area contributed by atoms with Crippen LogP contribution in [0.15, 0.2) is 10.6 Å². The van der Waals surface area contributed by atoms with Crippen molar-refractivity contribution in [2.75, 3.05) is 6.61 Å². The highest BCUT2D eigenvalue weighted by molar-refractivity contribution is 7.88. The molecule has 0 radical (unpaired) electrons. The van der Waals surface area contributed by atoms with E-state index in [1.165, 1.54) is 0 Å². The predicted octanol–water partition coefficient (Wildman–Crippen LogP) is 0.954. The van der Waals surface area contributed by atoms with Crippen molar-refractivity contribution in [2.24, 2.45) is 0 Å². The maximum atomic E-state index is 12.0. The normalized spacial score (nSPS) is 12.9. The van der Waals surface area contributed by atoms with E-state index in [-0.39, 0.29) is 12.4 Å². The van der Waals surface area contributed by atoms with Crippen LogP contribution in [0.3, 0.4) is 0 Å². The van der Waals surface area contributed by atoms with Crippen LogP contribution < -0.4 is 4.72 Å². The van der Waals surface area contributed by atoms with Gasteiger partial charge in [-0.2, -0.15) is 0 Å². The highest BCUT2D eigenvalue weighted by Crippen LogP contribution is 2.17. The van der Waals surface area contributed by atoms with E-state index in [0.717, 1.165) is 0 Å². The lowest BCUT2D eigenvalue weighted by atomic mass is 9.96. The first-order chi connectivity index (χ1) is 8.36. The summed E-state index contributed by atoms with van der Waals surface area (Å²) >= 11 is 0. The molecule has 0 unspecified atom stereocenters. The Labute approximate surface area is 107 Å². The van der Waals surface area contributed by atoms with Gasteiger partial charge in [0.15, 0.2) is 0 Å². The number of nitrogens with zero attached hydrogens (tertiary/aromatic N) is 1. The molecular formula is C11H20N2O4S. The molecule has 0 bridgehead atoms. The SMILES string of the molecule is CCC(CC)(CO)NS(=O)(=O)Cc1cc(C)on1. The number of sulfonamides is 1. The summed E-state index contributed by atoms with van der Waals surface area (Å²) in [5.74, 6) is 0.325. The summed E-state index contributed by atoms with van der Waals surface area (Å²) in [6.07, 6.45) is 1.05. The third-order valence-electron chi connectivity index (χ3n) is 3.04. The van der Waals surface area contributed by atoms with Gasteiger partial charge in [-0.3, -0.25) is 0 Å². The van der Waals surface area contributed by atoms with Crippen LogP contribution in [0, 0.1) is 6.92 Å². The highest BCUT2D eigenvalue weighted by atomic mass is 32.2. The minimum atomic E-state index is -3.55. The lowest BCUT2D eigenvalue weighted by molar-refractivity contribution is 0.172. The zero-order chi connectivity index (χ0) is 13.8. The van der Waals surface area contributed by atoms with Crippen molar-refractivity contribution in [3.8, 4) is 0 Å². The molecule has 1 rings (SSSR count). The molecule has 0 aliphatic carbocycles. The average Bonchev–Trinajstić information content (AvgIpc) is 2.71. The molecule has 2 N–H and O–H groups in total. The molecule has 0 amide bonds. The average molecular weight is 276 g/mol. The van der Waals surface area contributed by atoms with Crippen molar-refractivity contribution in [1.82, 2.24) is 9.88 Å². The van der Waals surface area contributed by atoms with Gasteiger partial charge in [0.2, 0.25) is 10.0 Å². The Bertz CT molecular complexity index is 469. The van der Waals surface area contributed by atoms with Gasteiger partial charge in [0.05, 0.1) is 12.1 Å². The lowest BCUT2D eigenvalue weighted by Crippen LogP contribution is -2.50. The standard InChI is InChI=1S/C11H20N2O4S/c1-4-11(5-2,8-14)13-18(15,16)7-10-6-9(3)17-12-10/h6,13-14H,4-5,7-8H2,1-3H3. The molecule has 0 saturated heterocycles. The Morgan fingerprint density at radius 1 is 1.44 bits per heavy atom. The second kappa shape index (κ2) is 5.81. The summed E-state index contributed by atoms with van der Waals surface area (Å²) in [6.45, 7) is 5.15. The second-order valence-corrected chi connectivity index (χ2v) is 6.16. The second-order valence-electron chi connectivity index (χ2n) is 4.44. The van der Waals surface area contributed by atoms with Crippen LogP contribution in [0.2, 0.25) is 0 Å². The summed E-state index contributed by atoms with van der Waals surface area (Å²) in [5.41, 5.74) is -0.434. The Balaban J connectivity index is 2.81. The Morgan fingerprint density at radius 3 is 2.44 bits per heavy atom. The van der Waals surface area contributed by atoms with Gasteiger partial charge >= 0.3 is 0 Å². The number of hydrogen-bond acceptors (Lipinski definition) is 5. The van der Waals surface area contributed by atoms with Crippen LogP contribution >= 0.6 is 0 Å². The fraction of sp³-hybridized carbons (Fsp3) is 0.727. The molecule has 104 valence electrons. The molecule has 0 aliphatic rings. The van der Waals surface area contributed by atoms with Crippen LogP contribution in [-0.4, -0.2) is 30.8 Å². The smallest absolute Gasteiger partial charge is 0.218 e. The maximum Gasteiger partial charge on any atom is 0.218 e. The van der Waals surface area contributed by atoms with E-state index in [0.29, 0.717) is 24.3 Å². The number of aliphatic hydroxyl groups is 1. The minimum absolute atomic E-state index is 0.225. The van der Waals surface area contributed by atoms with Gasteiger partial charge in [-0.1, -0.05) is 19.0 Å². The monoisotopic (exact) mass is 276 g/mol. The van der Waals surface area contributed by atoms with Crippen LogP contribution in [0.25, 0.3) is 0 Å². The van der Waals surface area contributed by atoms with Gasteiger partial charge in [-0.05, 0) is 19.8 Å². The van der Waals surface area contributed by atoms with E-state index < -0.39 is 15.6 Å². The Morgan fingerprint density at radius 2 is 2.06 bits per heavy atom. The van der Waals surface area contributed by atoms with Crippen molar-refractivity contribution >= 4 is 10.0 Å². The number of aryl methyl sites for hydroxylation is 1. The Kier molecular flexibility index (Phi) is 4.89. The molecule has 6 nitrogen and oxygen atoms in total. The first-order valence-corrected chi connectivity index (χ1v) is 7.56. The van der Waals surface area contributed by atoms with E-state index in [9.17, 15) is 13.5 Å². The van der Waals surface area contributed by atoms with Gasteiger partial charge in [-0.25, -0.2) is 13.1 Å².